The lowest BCUT2D eigenvalue weighted by molar-refractivity contribution is 0.0377. The standard InChI is InChI=1S/C13H22N2O3S/c1-4-13(16,5-2)9-15-19(17,18)12-8-6-7-11(14)10(12)3/h6-8,15-16H,4-5,9,14H2,1-3H3. The third-order valence-electron chi connectivity index (χ3n) is 3.52. The average Bonchev–Trinajstić information content (AvgIpc) is 2.39. The van der Waals surface area contributed by atoms with Crippen molar-refractivity contribution in [2.75, 3.05) is 12.3 Å². The fourth-order valence-corrected chi connectivity index (χ4v) is 3.12. The number of anilines is 1. The topological polar surface area (TPSA) is 92.4 Å². The Hall–Kier alpha value is -1.11. The van der Waals surface area contributed by atoms with Crippen LogP contribution in [0.1, 0.15) is 32.3 Å². The molecule has 0 amide bonds. The van der Waals surface area contributed by atoms with E-state index in [1.54, 1.807) is 19.1 Å². The first-order chi connectivity index (χ1) is 8.75. The van der Waals surface area contributed by atoms with Crippen LogP contribution in [0.2, 0.25) is 0 Å². The van der Waals surface area contributed by atoms with Gasteiger partial charge < -0.3 is 10.8 Å². The van der Waals surface area contributed by atoms with Gasteiger partial charge in [0.1, 0.15) is 0 Å². The highest BCUT2D eigenvalue weighted by molar-refractivity contribution is 7.89. The third-order valence-corrected chi connectivity index (χ3v) is 5.07. The van der Waals surface area contributed by atoms with Crippen LogP contribution in [-0.2, 0) is 10.0 Å². The normalized spacial score (nSPS) is 12.6. The molecule has 5 nitrogen and oxygen atoms in total. The SMILES string of the molecule is CCC(O)(CC)CNS(=O)(=O)c1cccc(N)c1C. The van der Waals surface area contributed by atoms with Gasteiger partial charge in [-0.25, -0.2) is 13.1 Å². The van der Waals surface area contributed by atoms with Gasteiger partial charge in [0.2, 0.25) is 10.0 Å². The number of hydrogen-bond donors (Lipinski definition) is 3. The molecule has 0 heterocycles. The minimum atomic E-state index is -3.66. The van der Waals surface area contributed by atoms with Gasteiger partial charge in [0.05, 0.1) is 10.5 Å². The van der Waals surface area contributed by atoms with Gasteiger partial charge in [-0.05, 0) is 37.5 Å². The predicted octanol–water partition coefficient (Wildman–Crippen LogP) is 1.41. The summed E-state index contributed by atoms with van der Waals surface area (Å²) < 4.78 is 26.9. The summed E-state index contributed by atoms with van der Waals surface area (Å²) >= 11 is 0. The Morgan fingerprint density at radius 3 is 2.42 bits per heavy atom. The highest BCUT2D eigenvalue weighted by Crippen LogP contribution is 2.21. The average molecular weight is 286 g/mol. The van der Waals surface area contributed by atoms with Crippen LogP contribution < -0.4 is 10.5 Å². The second kappa shape index (κ2) is 5.90. The molecule has 0 bridgehead atoms. The highest BCUT2D eigenvalue weighted by Gasteiger charge is 2.26. The van der Waals surface area contributed by atoms with E-state index in [1.165, 1.54) is 6.07 Å². The van der Waals surface area contributed by atoms with E-state index in [4.69, 9.17) is 5.73 Å². The van der Waals surface area contributed by atoms with E-state index >= 15 is 0 Å². The van der Waals surface area contributed by atoms with Gasteiger partial charge in [-0.15, -0.1) is 0 Å². The monoisotopic (exact) mass is 286 g/mol. The van der Waals surface area contributed by atoms with E-state index < -0.39 is 15.6 Å². The summed E-state index contributed by atoms with van der Waals surface area (Å²) in [4.78, 5) is 0.155. The molecule has 0 atom stereocenters. The van der Waals surface area contributed by atoms with Crippen molar-refractivity contribution in [3.63, 3.8) is 0 Å². The predicted molar refractivity (Wildman–Crippen MR) is 76.3 cm³/mol. The zero-order valence-corrected chi connectivity index (χ0v) is 12.4. The maximum absolute atomic E-state index is 12.2. The zero-order valence-electron chi connectivity index (χ0n) is 11.6. The van der Waals surface area contributed by atoms with Crippen molar-refractivity contribution in [3.05, 3.63) is 23.8 Å². The molecule has 0 saturated heterocycles. The molecule has 0 saturated carbocycles. The number of aliphatic hydroxyl groups is 1. The van der Waals surface area contributed by atoms with Gasteiger partial charge >= 0.3 is 0 Å². The number of nitrogens with two attached hydrogens (primary N) is 1. The lowest BCUT2D eigenvalue weighted by Crippen LogP contribution is -2.42. The largest absolute Gasteiger partial charge is 0.398 e. The van der Waals surface area contributed by atoms with Crippen molar-refractivity contribution in [2.24, 2.45) is 0 Å². The summed E-state index contributed by atoms with van der Waals surface area (Å²) in [5.41, 5.74) is 5.65. The molecule has 1 aromatic rings. The quantitative estimate of drug-likeness (QED) is 0.689. The maximum atomic E-state index is 12.2. The molecule has 0 spiro atoms. The smallest absolute Gasteiger partial charge is 0.241 e. The molecule has 0 aliphatic heterocycles. The molecular weight excluding hydrogens is 264 g/mol. The molecule has 0 aliphatic rings. The summed E-state index contributed by atoms with van der Waals surface area (Å²) in [6.45, 7) is 5.30. The Labute approximate surface area is 114 Å². The fraction of sp³-hybridized carbons (Fsp3) is 0.538. The van der Waals surface area contributed by atoms with Crippen LogP contribution >= 0.6 is 0 Å². The van der Waals surface area contributed by atoms with E-state index in [0.29, 0.717) is 24.1 Å². The first-order valence-corrected chi connectivity index (χ1v) is 7.81. The Morgan fingerprint density at radius 1 is 1.32 bits per heavy atom. The van der Waals surface area contributed by atoms with Crippen LogP contribution in [0, 0.1) is 6.92 Å². The van der Waals surface area contributed by atoms with Gasteiger partial charge in [-0.2, -0.15) is 0 Å². The molecular formula is C13H22N2O3S. The van der Waals surface area contributed by atoms with E-state index in [2.05, 4.69) is 4.72 Å². The summed E-state index contributed by atoms with van der Waals surface area (Å²) in [5, 5.41) is 10.1. The van der Waals surface area contributed by atoms with Crippen molar-refractivity contribution in [1.29, 1.82) is 0 Å². The van der Waals surface area contributed by atoms with Crippen molar-refractivity contribution >= 4 is 15.7 Å². The minimum Gasteiger partial charge on any atom is -0.398 e. The van der Waals surface area contributed by atoms with Crippen molar-refractivity contribution in [3.8, 4) is 0 Å². The van der Waals surface area contributed by atoms with E-state index in [1.807, 2.05) is 13.8 Å². The molecule has 0 aliphatic carbocycles. The van der Waals surface area contributed by atoms with Crippen LogP contribution in [0.5, 0.6) is 0 Å². The molecule has 19 heavy (non-hydrogen) atoms. The van der Waals surface area contributed by atoms with Crippen LogP contribution in [-0.4, -0.2) is 25.7 Å². The Bertz CT molecular complexity index is 537. The van der Waals surface area contributed by atoms with Gasteiger partial charge in [-0.3, -0.25) is 0 Å². The zero-order chi connectivity index (χ0) is 14.7. The number of benzene rings is 1. The fourth-order valence-electron chi connectivity index (χ4n) is 1.73. The van der Waals surface area contributed by atoms with Gasteiger partial charge in [-0.1, -0.05) is 19.9 Å². The van der Waals surface area contributed by atoms with E-state index in [9.17, 15) is 13.5 Å². The van der Waals surface area contributed by atoms with Gasteiger partial charge in [0, 0.05) is 12.2 Å². The molecule has 0 aromatic heterocycles. The first kappa shape index (κ1) is 15.9. The maximum Gasteiger partial charge on any atom is 0.241 e. The highest BCUT2D eigenvalue weighted by atomic mass is 32.2. The van der Waals surface area contributed by atoms with Crippen LogP contribution in [0.4, 0.5) is 5.69 Å². The third kappa shape index (κ3) is 3.68. The van der Waals surface area contributed by atoms with Crippen LogP contribution in [0.3, 0.4) is 0 Å². The van der Waals surface area contributed by atoms with Crippen LogP contribution in [0.25, 0.3) is 0 Å². The van der Waals surface area contributed by atoms with Crippen molar-refractivity contribution in [2.45, 2.75) is 44.1 Å². The molecule has 0 radical (unpaired) electrons. The first-order valence-electron chi connectivity index (χ1n) is 6.33. The minimum absolute atomic E-state index is 0.00340. The summed E-state index contributed by atoms with van der Waals surface area (Å²) in [6.07, 6.45) is 0.976. The number of nitrogens with one attached hydrogen (secondary N) is 1. The number of sulfonamides is 1. The molecule has 1 rings (SSSR count). The molecule has 4 N–H and O–H groups in total. The van der Waals surface area contributed by atoms with Crippen molar-refractivity contribution < 1.29 is 13.5 Å². The molecule has 6 heteroatoms. The Morgan fingerprint density at radius 2 is 1.89 bits per heavy atom. The van der Waals surface area contributed by atoms with E-state index in [-0.39, 0.29) is 11.4 Å². The number of rotatable bonds is 6. The molecule has 0 fully saturated rings. The molecule has 0 unspecified atom stereocenters. The van der Waals surface area contributed by atoms with Gasteiger partial charge in [0.25, 0.3) is 0 Å². The van der Waals surface area contributed by atoms with Gasteiger partial charge in [0.15, 0.2) is 0 Å². The summed E-state index contributed by atoms with van der Waals surface area (Å²) in [6, 6.07) is 4.76. The number of nitrogen functional groups attached to an aromatic ring is 1. The molecule has 108 valence electrons. The molecule has 1 aromatic carbocycles. The second-order valence-corrected chi connectivity index (χ2v) is 6.46. The van der Waals surface area contributed by atoms with Crippen LogP contribution in [0.15, 0.2) is 23.1 Å². The van der Waals surface area contributed by atoms with E-state index in [0.717, 1.165) is 0 Å². The Balaban J connectivity index is 2.97. The lowest BCUT2D eigenvalue weighted by atomic mass is 9.98. The van der Waals surface area contributed by atoms with Crippen molar-refractivity contribution in [1.82, 2.24) is 4.72 Å². The second-order valence-electron chi connectivity index (χ2n) is 4.73. The Kier molecular flexibility index (Phi) is 4.95. The number of hydrogen-bond acceptors (Lipinski definition) is 4. The summed E-state index contributed by atoms with van der Waals surface area (Å²) in [5.74, 6) is 0. The lowest BCUT2D eigenvalue weighted by Gasteiger charge is -2.25. The summed E-state index contributed by atoms with van der Waals surface area (Å²) in [7, 11) is -3.66.